The molecule has 0 spiro atoms. The number of benzene rings is 1. The summed E-state index contributed by atoms with van der Waals surface area (Å²) in [5.41, 5.74) is 1.84. The number of aromatic amines is 1. The van der Waals surface area contributed by atoms with Gasteiger partial charge in [0.2, 0.25) is 11.8 Å². The first-order valence-corrected chi connectivity index (χ1v) is 11.4. The fraction of sp³-hybridized carbons (Fsp3) is 0.360. The zero-order chi connectivity index (χ0) is 26.0. The van der Waals surface area contributed by atoms with Crippen molar-refractivity contribution in [3.05, 3.63) is 70.7 Å². The zero-order valence-electron chi connectivity index (χ0n) is 20.1. The third kappa shape index (κ3) is 4.92. The molecule has 0 radical (unpaired) electrons. The molecule has 0 saturated carbocycles. The molecule has 0 unspecified atom stereocenters. The number of aryl methyl sites for hydroxylation is 1. The molecule has 1 amide bonds. The fourth-order valence-electron chi connectivity index (χ4n) is 4.60. The molecule has 1 aromatic carbocycles. The van der Waals surface area contributed by atoms with Gasteiger partial charge in [-0.05, 0) is 36.1 Å². The quantitative estimate of drug-likeness (QED) is 0.408. The number of pyridine rings is 1. The SMILES string of the molecule is Cc1ccc(NC(=O)C2(c3ccccc3C(C)C)CN(Cc3cn[nH]c3C(=O)O)C2)c(OC(F)F)n1. The van der Waals surface area contributed by atoms with Gasteiger partial charge < -0.3 is 15.2 Å². The van der Waals surface area contributed by atoms with Crippen molar-refractivity contribution in [2.75, 3.05) is 18.4 Å². The minimum Gasteiger partial charge on any atom is -0.477 e. The lowest BCUT2D eigenvalue weighted by molar-refractivity contribution is -0.128. The van der Waals surface area contributed by atoms with Crippen LogP contribution in [0.15, 0.2) is 42.6 Å². The van der Waals surface area contributed by atoms with E-state index in [4.69, 9.17) is 0 Å². The van der Waals surface area contributed by atoms with Gasteiger partial charge >= 0.3 is 12.6 Å². The number of carbonyl (C=O) groups excluding carboxylic acids is 1. The van der Waals surface area contributed by atoms with Crippen LogP contribution in [0.4, 0.5) is 14.5 Å². The largest absolute Gasteiger partial charge is 0.477 e. The number of nitrogens with one attached hydrogen (secondary N) is 2. The molecule has 3 N–H and O–H groups in total. The van der Waals surface area contributed by atoms with Crippen LogP contribution in [-0.4, -0.2) is 56.8 Å². The van der Waals surface area contributed by atoms with Crippen LogP contribution < -0.4 is 10.1 Å². The van der Waals surface area contributed by atoms with Crippen molar-refractivity contribution in [3.8, 4) is 5.88 Å². The van der Waals surface area contributed by atoms with Gasteiger partial charge in [0.1, 0.15) is 11.4 Å². The van der Waals surface area contributed by atoms with E-state index in [1.807, 2.05) is 43.0 Å². The van der Waals surface area contributed by atoms with Gasteiger partial charge in [-0.25, -0.2) is 9.78 Å². The van der Waals surface area contributed by atoms with Crippen molar-refractivity contribution in [2.24, 2.45) is 0 Å². The van der Waals surface area contributed by atoms with E-state index in [-0.39, 0.29) is 48.7 Å². The van der Waals surface area contributed by atoms with Crippen molar-refractivity contribution in [3.63, 3.8) is 0 Å². The maximum Gasteiger partial charge on any atom is 0.388 e. The minimum atomic E-state index is -3.09. The molecular weight excluding hydrogens is 472 g/mol. The highest BCUT2D eigenvalue weighted by Gasteiger charge is 2.52. The number of hydrogen-bond acceptors (Lipinski definition) is 6. The summed E-state index contributed by atoms with van der Waals surface area (Å²) in [6.45, 7) is 3.46. The monoisotopic (exact) mass is 499 g/mol. The number of likely N-dealkylation sites (tertiary alicyclic amines) is 1. The van der Waals surface area contributed by atoms with Gasteiger partial charge in [-0.15, -0.1) is 0 Å². The number of carboxylic acids is 1. The molecule has 0 atom stereocenters. The van der Waals surface area contributed by atoms with Gasteiger partial charge in [-0.2, -0.15) is 13.9 Å². The Labute approximate surface area is 206 Å². The normalized spacial score (nSPS) is 15.1. The van der Waals surface area contributed by atoms with E-state index in [1.165, 1.54) is 12.3 Å². The van der Waals surface area contributed by atoms with E-state index in [9.17, 15) is 23.5 Å². The summed E-state index contributed by atoms with van der Waals surface area (Å²) in [4.78, 5) is 31.2. The van der Waals surface area contributed by atoms with Crippen molar-refractivity contribution in [1.82, 2.24) is 20.1 Å². The van der Waals surface area contributed by atoms with E-state index in [0.717, 1.165) is 11.1 Å². The highest BCUT2D eigenvalue weighted by atomic mass is 19.3. The third-order valence-corrected chi connectivity index (χ3v) is 6.29. The van der Waals surface area contributed by atoms with Crippen molar-refractivity contribution < 1.29 is 28.2 Å². The van der Waals surface area contributed by atoms with Gasteiger partial charge in [-0.3, -0.25) is 14.8 Å². The number of halogens is 2. The smallest absolute Gasteiger partial charge is 0.388 e. The topological polar surface area (TPSA) is 120 Å². The molecule has 3 heterocycles. The number of amides is 1. The van der Waals surface area contributed by atoms with Gasteiger partial charge in [0, 0.05) is 30.9 Å². The second kappa shape index (κ2) is 10.0. The van der Waals surface area contributed by atoms with E-state index in [2.05, 4.69) is 25.2 Å². The summed E-state index contributed by atoms with van der Waals surface area (Å²) < 4.78 is 30.5. The highest BCUT2D eigenvalue weighted by Crippen LogP contribution is 2.41. The summed E-state index contributed by atoms with van der Waals surface area (Å²) in [6, 6.07) is 10.7. The third-order valence-electron chi connectivity index (χ3n) is 6.29. The number of carbonyl (C=O) groups is 2. The number of H-pyrrole nitrogens is 1. The standard InChI is InChI=1S/C25H27F2N5O4/c1-14(2)17-6-4-5-7-18(17)25(12-32(13-25)11-16-10-28-31-20(16)22(33)34)23(35)30-19-9-8-15(3)29-21(19)36-24(26)27/h4-10,14,24H,11-13H2,1-3H3,(H,28,31)(H,30,35)(H,33,34). The molecule has 9 nitrogen and oxygen atoms in total. The van der Waals surface area contributed by atoms with Crippen LogP contribution in [0.2, 0.25) is 0 Å². The first-order valence-electron chi connectivity index (χ1n) is 11.4. The zero-order valence-corrected chi connectivity index (χ0v) is 20.1. The van der Waals surface area contributed by atoms with Gasteiger partial charge in [-0.1, -0.05) is 38.1 Å². The predicted molar refractivity (Wildman–Crippen MR) is 127 cm³/mol. The molecule has 36 heavy (non-hydrogen) atoms. The van der Waals surface area contributed by atoms with Gasteiger partial charge in [0.05, 0.1) is 11.6 Å². The van der Waals surface area contributed by atoms with Crippen molar-refractivity contribution >= 4 is 17.6 Å². The Hall–Kier alpha value is -3.86. The van der Waals surface area contributed by atoms with Crippen molar-refractivity contribution in [1.29, 1.82) is 0 Å². The Morgan fingerprint density at radius 3 is 2.61 bits per heavy atom. The number of rotatable bonds is 9. The summed E-state index contributed by atoms with van der Waals surface area (Å²) in [7, 11) is 0. The van der Waals surface area contributed by atoms with Crippen LogP contribution in [-0.2, 0) is 16.8 Å². The van der Waals surface area contributed by atoms with Gasteiger partial charge in [0.15, 0.2) is 0 Å². The van der Waals surface area contributed by atoms with Crippen LogP contribution in [0.3, 0.4) is 0 Å². The van der Waals surface area contributed by atoms with Crippen LogP contribution in [0.5, 0.6) is 5.88 Å². The van der Waals surface area contributed by atoms with E-state index in [1.54, 1.807) is 13.0 Å². The molecule has 0 bridgehead atoms. The average molecular weight is 500 g/mol. The summed E-state index contributed by atoms with van der Waals surface area (Å²) in [6.07, 6.45) is 1.46. The van der Waals surface area contributed by atoms with E-state index >= 15 is 0 Å². The van der Waals surface area contributed by atoms with Crippen LogP contribution in [0.25, 0.3) is 0 Å². The summed E-state index contributed by atoms with van der Waals surface area (Å²) in [5.74, 6) is -1.73. The number of ether oxygens (including phenoxy) is 1. The molecule has 1 aliphatic rings. The lowest BCUT2D eigenvalue weighted by Gasteiger charge is -2.50. The Morgan fingerprint density at radius 2 is 1.94 bits per heavy atom. The molecule has 1 fully saturated rings. The number of aromatic carboxylic acids is 1. The van der Waals surface area contributed by atoms with E-state index < -0.39 is 18.0 Å². The Morgan fingerprint density at radius 1 is 1.22 bits per heavy atom. The van der Waals surface area contributed by atoms with Crippen molar-refractivity contribution in [2.45, 2.75) is 45.3 Å². The Kier molecular flexibility index (Phi) is 7.02. The lowest BCUT2D eigenvalue weighted by atomic mass is 9.69. The second-order valence-electron chi connectivity index (χ2n) is 9.18. The first-order chi connectivity index (χ1) is 17.1. The second-order valence-corrected chi connectivity index (χ2v) is 9.18. The molecule has 1 aliphatic heterocycles. The van der Waals surface area contributed by atoms with E-state index in [0.29, 0.717) is 11.3 Å². The first kappa shape index (κ1) is 25.2. The van der Waals surface area contributed by atoms with Crippen LogP contribution in [0, 0.1) is 6.92 Å². The molecule has 3 aromatic rings. The molecule has 0 aliphatic carbocycles. The number of aromatic nitrogens is 3. The molecule has 1 saturated heterocycles. The average Bonchev–Trinajstić information content (AvgIpc) is 3.26. The van der Waals surface area contributed by atoms with Gasteiger partial charge in [0.25, 0.3) is 0 Å². The highest BCUT2D eigenvalue weighted by molar-refractivity contribution is 6.01. The summed E-state index contributed by atoms with van der Waals surface area (Å²) in [5, 5.41) is 18.4. The fourth-order valence-corrected chi connectivity index (χ4v) is 4.60. The maximum atomic E-state index is 13.8. The molecule has 11 heteroatoms. The number of alkyl halides is 2. The minimum absolute atomic E-state index is 0.000878. The number of anilines is 1. The number of nitrogens with zero attached hydrogens (tertiary/aromatic N) is 3. The van der Waals surface area contributed by atoms with Crippen LogP contribution >= 0.6 is 0 Å². The maximum absolute atomic E-state index is 13.8. The molecule has 190 valence electrons. The van der Waals surface area contributed by atoms with Crippen LogP contribution in [0.1, 0.15) is 52.6 Å². The summed E-state index contributed by atoms with van der Waals surface area (Å²) >= 11 is 0. The Bertz CT molecular complexity index is 1270. The molecule has 2 aromatic heterocycles. The lowest BCUT2D eigenvalue weighted by Crippen LogP contribution is -2.64. The molecular formula is C25H27F2N5O4. The number of carboxylic acid groups (broad SMARTS) is 1. The predicted octanol–water partition coefficient (Wildman–Crippen LogP) is 3.93. The Balaban J connectivity index is 1.66. The molecule has 4 rings (SSSR count). The number of hydrogen-bond donors (Lipinski definition) is 3.